The molecule has 0 spiro atoms. The summed E-state index contributed by atoms with van der Waals surface area (Å²) in [5.41, 5.74) is 3.77. The molecule has 3 aromatic rings. The molecule has 0 aliphatic carbocycles. The summed E-state index contributed by atoms with van der Waals surface area (Å²) in [7, 11) is 0. The highest BCUT2D eigenvalue weighted by atomic mass is 79.9. The Bertz CT molecular complexity index is 991. The second kappa shape index (κ2) is 5.49. The molecule has 0 saturated carbocycles. The second-order valence-electron chi connectivity index (χ2n) is 6.26. The van der Waals surface area contributed by atoms with E-state index in [-0.39, 0.29) is 18.5 Å². The highest BCUT2D eigenvalue weighted by Gasteiger charge is 2.30. The van der Waals surface area contributed by atoms with Crippen LogP contribution in [0.5, 0.6) is 11.5 Å². The van der Waals surface area contributed by atoms with E-state index in [1.165, 1.54) is 0 Å². The molecule has 1 unspecified atom stereocenters. The van der Waals surface area contributed by atoms with Crippen LogP contribution in [0.4, 0.5) is 0 Å². The number of rotatable bonds is 1. The minimum Gasteiger partial charge on any atom is -0.454 e. The van der Waals surface area contributed by atoms with E-state index in [2.05, 4.69) is 38.7 Å². The summed E-state index contributed by atoms with van der Waals surface area (Å²) < 4.78 is 14.1. The number of Topliss-reactive ketones (excluding diaryl/α,β-unsaturated/α-hetero) is 1. The maximum atomic E-state index is 13.0. The van der Waals surface area contributed by atoms with E-state index < -0.39 is 0 Å². The van der Waals surface area contributed by atoms with Gasteiger partial charge in [-0.05, 0) is 35.9 Å². The predicted octanol–water partition coefficient (Wildman–Crippen LogP) is 4.69. The van der Waals surface area contributed by atoms with Crippen molar-refractivity contribution >= 4 is 21.7 Å². The second-order valence-corrected chi connectivity index (χ2v) is 7.17. The Morgan fingerprint density at radius 1 is 1.04 bits per heavy atom. The lowest BCUT2D eigenvalue weighted by Gasteiger charge is -2.16. The molecule has 124 valence electrons. The van der Waals surface area contributed by atoms with Crippen molar-refractivity contribution in [3.8, 4) is 17.2 Å². The van der Waals surface area contributed by atoms with Gasteiger partial charge in [0.2, 0.25) is 6.79 Å². The number of aromatic nitrogens is 1. The first-order chi connectivity index (χ1) is 12.2. The highest BCUT2D eigenvalue weighted by molar-refractivity contribution is 9.10. The van der Waals surface area contributed by atoms with Crippen molar-refractivity contribution in [2.24, 2.45) is 0 Å². The average Bonchev–Trinajstić information content (AvgIpc) is 3.25. The topological polar surface area (TPSA) is 40.5 Å². The van der Waals surface area contributed by atoms with Crippen LogP contribution >= 0.6 is 15.9 Å². The maximum absolute atomic E-state index is 13.0. The summed E-state index contributed by atoms with van der Waals surface area (Å²) in [4.78, 5) is 13.0. The van der Waals surface area contributed by atoms with Crippen molar-refractivity contribution in [3.63, 3.8) is 0 Å². The highest BCUT2D eigenvalue weighted by Crippen LogP contribution is 2.41. The quantitative estimate of drug-likeness (QED) is 0.600. The molecular weight excluding hydrogens is 382 g/mol. The molecule has 2 aliphatic rings. The molecule has 0 amide bonds. The molecule has 1 aromatic heterocycles. The fourth-order valence-electron chi connectivity index (χ4n) is 3.63. The summed E-state index contributed by atoms with van der Waals surface area (Å²) in [5, 5.41) is 0. The van der Waals surface area contributed by atoms with Crippen LogP contribution in [0.2, 0.25) is 0 Å². The van der Waals surface area contributed by atoms with Crippen molar-refractivity contribution < 1.29 is 14.3 Å². The monoisotopic (exact) mass is 395 g/mol. The van der Waals surface area contributed by atoms with E-state index in [1.807, 2.05) is 36.5 Å². The van der Waals surface area contributed by atoms with Crippen LogP contribution in [-0.4, -0.2) is 17.1 Å². The number of nitrogens with zero attached hydrogens (tertiary/aromatic N) is 1. The van der Waals surface area contributed by atoms with Crippen LogP contribution in [0, 0.1) is 0 Å². The molecule has 0 saturated heterocycles. The van der Waals surface area contributed by atoms with Gasteiger partial charge in [0.15, 0.2) is 17.3 Å². The lowest BCUT2D eigenvalue weighted by molar-refractivity contribution is 0.0979. The molecule has 0 radical (unpaired) electrons. The predicted molar refractivity (Wildman–Crippen MR) is 96.8 cm³/mol. The standard InChI is InChI=1S/C20H14BrNO3/c21-13-5-3-12(4-6-13)14-8-18(23)15-9-19-20(25-11-24-19)10-17(15)22-7-1-2-16(14)22/h1-7,9-10,14H,8,11H2. The number of benzene rings is 2. The first kappa shape index (κ1) is 14.8. The van der Waals surface area contributed by atoms with Gasteiger partial charge in [-0.3, -0.25) is 4.79 Å². The lowest BCUT2D eigenvalue weighted by atomic mass is 9.90. The first-order valence-electron chi connectivity index (χ1n) is 8.10. The summed E-state index contributed by atoms with van der Waals surface area (Å²) in [6, 6.07) is 16.0. The zero-order valence-electron chi connectivity index (χ0n) is 13.2. The van der Waals surface area contributed by atoms with Crippen LogP contribution in [0.3, 0.4) is 0 Å². The molecular formula is C20H14BrNO3. The molecule has 0 bridgehead atoms. The first-order valence-corrected chi connectivity index (χ1v) is 8.90. The number of fused-ring (bicyclic) bond motifs is 4. The van der Waals surface area contributed by atoms with E-state index in [9.17, 15) is 4.79 Å². The third-order valence-corrected chi connectivity index (χ3v) is 5.38. The van der Waals surface area contributed by atoms with Gasteiger partial charge in [-0.25, -0.2) is 0 Å². The lowest BCUT2D eigenvalue weighted by Crippen LogP contribution is -2.07. The zero-order valence-corrected chi connectivity index (χ0v) is 14.8. The molecule has 1 atom stereocenters. The molecule has 4 nitrogen and oxygen atoms in total. The van der Waals surface area contributed by atoms with E-state index in [1.54, 1.807) is 0 Å². The number of hydrogen-bond donors (Lipinski definition) is 0. The van der Waals surface area contributed by atoms with Crippen molar-refractivity contribution in [1.82, 2.24) is 4.57 Å². The smallest absolute Gasteiger partial charge is 0.231 e. The molecule has 5 heteroatoms. The molecule has 2 aromatic carbocycles. The van der Waals surface area contributed by atoms with E-state index in [0.717, 1.165) is 21.4 Å². The molecule has 0 N–H and O–H groups in total. The SMILES string of the molecule is O=C1CC(c2ccc(Br)cc2)c2cccn2-c2cc3c(cc21)OCO3. The van der Waals surface area contributed by atoms with Gasteiger partial charge in [0.1, 0.15) is 0 Å². The maximum Gasteiger partial charge on any atom is 0.231 e. The third kappa shape index (κ3) is 2.30. The molecule has 2 aliphatic heterocycles. The number of carbonyl (C=O) groups excluding carboxylic acids is 1. The molecule has 25 heavy (non-hydrogen) atoms. The number of carbonyl (C=O) groups is 1. The van der Waals surface area contributed by atoms with E-state index in [4.69, 9.17) is 9.47 Å². The van der Waals surface area contributed by atoms with Gasteiger partial charge in [0.05, 0.1) is 5.69 Å². The van der Waals surface area contributed by atoms with Crippen molar-refractivity contribution in [3.05, 3.63) is 76.0 Å². The zero-order chi connectivity index (χ0) is 17.0. The van der Waals surface area contributed by atoms with E-state index >= 15 is 0 Å². The minimum absolute atomic E-state index is 0.0136. The van der Waals surface area contributed by atoms with Gasteiger partial charge in [0, 0.05) is 40.3 Å². The van der Waals surface area contributed by atoms with Gasteiger partial charge in [-0.2, -0.15) is 0 Å². The van der Waals surface area contributed by atoms with Gasteiger partial charge in [-0.1, -0.05) is 28.1 Å². The fraction of sp³-hybridized carbons (Fsp3) is 0.150. The number of halogens is 1. The van der Waals surface area contributed by atoms with Crippen LogP contribution in [-0.2, 0) is 0 Å². The Labute approximate surface area is 153 Å². The van der Waals surface area contributed by atoms with Gasteiger partial charge in [-0.15, -0.1) is 0 Å². The Morgan fingerprint density at radius 3 is 2.60 bits per heavy atom. The normalized spacial score (nSPS) is 17.8. The average molecular weight is 396 g/mol. The number of ether oxygens (including phenoxy) is 2. The Morgan fingerprint density at radius 2 is 1.80 bits per heavy atom. The van der Waals surface area contributed by atoms with Gasteiger partial charge in [0.25, 0.3) is 0 Å². The number of hydrogen-bond acceptors (Lipinski definition) is 3. The number of ketones is 1. The minimum atomic E-state index is 0.0136. The Hall–Kier alpha value is -2.53. The summed E-state index contributed by atoms with van der Waals surface area (Å²) in [5.74, 6) is 1.46. The molecule has 3 heterocycles. The third-order valence-electron chi connectivity index (χ3n) is 4.85. The molecule has 0 fully saturated rings. The summed E-state index contributed by atoms with van der Waals surface area (Å²) >= 11 is 3.47. The van der Waals surface area contributed by atoms with Crippen LogP contribution in [0.1, 0.15) is 34.0 Å². The van der Waals surface area contributed by atoms with Gasteiger partial charge >= 0.3 is 0 Å². The van der Waals surface area contributed by atoms with Crippen molar-refractivity contribution in [2.75, 3.05) is 6.79 Å². The van der Waals surface area contributed by atoms with Crippen LogP contribution in [0.25, 0.3) is 5.69 Å². The van der Waals surface area contributed by atoms with Crippen LogP contribution in [0.15, 0.2) is 59.2 Å². The summed E-state index contributed by atoms with van der Waals surface area (Å²) in [6.07, 6.45) is 2.43. The molecule has 5 rings (SSSR count). The van der Waals surface area contributed by atoms with Crippen molar-refractivity contribution in [2.45, 2.75) is 12.3 Å². The van der Waals surface area contributed by atoms with E-state index in [0.29, 0.717) is 23.5 Å². The Kier molecular flexibility index (Phi) is 3.25. The van der Waals surface area contributed by atoms with Crippen molar-refractivity contribution in [1.29, 1.82) is 0 Å². The fourth-order valence-corrected chi connectivity index (χ4v) is 3.90. The van der Waals surface area contributed by atoms with Gasteiger partial charge < -0.3 is 14.0 Å². The summed E-state index contributed by atoms with van der Waals surface area (Å²) in [6.45, 7) is 0.201. The van der Waals surface area contributed by atoms with Crippen LogP contribution < -0.4 is 9.47 Å². The Balaban J connectivity index is 1.70. The largest absolute Gasteiger partial charge is 0.454 e.